The van der Waals surface area contributed by atoms with Gasteiger partial charge in [-0.1, -0.05) is 29.3 Å². The summed E-state index contributed by atoms with van der Waals surface area (Å²) in [6.45, 7) is 1.98. The van der Waals surface area contributed by atoms with Crippen molar-refractivity contribution >= 4 is 34.9 Å². The van der Waals surface area contributed by atoms with E-state index < -0.39 is 0 Å². The van der Waals surface area contributed by atoms with Crippen LogP contribution in [-0.2, 0) is 0 Å². The zero-order valence-corrected chi connectivity index (χ0v) is 10.7. The van der Waals surface area contributed by atoms with Gasteiger partial charge >= 0.3 is 0 Å². The number of rotatable bonds is 2. The van der Waals surface area contributed by atoms with Crippen LogP contribution in [0.5, 0.6) is 0 Å². The van der Waals surface area contributed by atoms with Crippen molar-refractivity contribution in [2.75, 3.05) is 0 Å². The Morgan fingerprint density at radius 1 is 1.18 bits per heavy atom. The Labute approximate surface area is 110 Å². The molecule has 0 unspecified atom stereocenters. The third kappa shape index (κ3) is 3.05. The summed E-state index contributed by atoms with van der Waals surface area (Å²) in [6.07, 6.45) is 7.03. The molecule has 0 amide bonds. The molecule has 2 nitrogen and oxygen atoms in total. The molecule has 2 rings (SSSR count). The fraction of sp³-hybridized carbons (Fsp3) is 0.0769. The number of allylic oxidation sites excluding steroid dienone is 1. The minimum Gasteiger partial charge on any atom is -0.261 e. The molecule has 1 heterocycles. The van der Waals surface area contributed by atoms with Crippen LogP contribution in [0.25, 0.3) is 11.6 Å². The highest BCUT2D eigenvalue weighted by Gasteiger charge is 2.00. The summed E-state index contributed by atoms with van der Waals surface area (Å²) < 4.78 is 0. The molecule has 17 heavy (non-hydrogen) atoms. The Balaban J connectivity index is 2.33. The minimum absolute atomic E-state index is 0.548. The van der Waals surface area contributed by atoms with Crippen LogP contribution in [0.4, 0.5) is 0 Å². The summed E-state index contributed by atoms with van der Waals surface area (Å²) >= 11 is 11.8. The van der Waals surface area contributed by atoms with Crippen LogP contribution >= 0.6 is 23.2 Å². The van der Waals surface area contributed by atoms with Gasteiger partial charge < -0.3 is 0 Å². The highest BCUT2D eigenvalue weighted by atomic mass is 35.5. The molecule has 0 saturated carbocycles. The third-order valence-corrected chi connectivity index (χ3v) is 3.03. The van der Waals surface area contributed by atoms with E-state index >= 15 is 0 Å². The lowest BCUT2D eigenvalue weighted by Crippen LogP contribution is -1.86. The molecule has 2 aromatic rings. The molecule has 1 aromatic heterocycles. The third-order valence-electron chi connectivity index (χ3n) is 2.29. The SMILES string of the molecule is CC(=Cc1ccc(Cl)c(Cl)c1)c1cnccn1. The fourth-order valence-corrected chi connectivity index (χ4v) is 1.74. The Morgan fingerprint density at radius 2 is 2.00 bits per heavy atom. The van der Waals surface area contributed by atoms with Gasteiger partial charge in [0.2, 0.25) is 0 Å². The van der Waals surface area contributed by atoms with Gasteiger partial charge in [0.1, 0.15) is 0 Å². The normalized spacial score (nSPS) is 11.6. The van der Waals surface area contributed by atoms with E-state index in [4.69, 9.17) is 23.2 Å². The zero-order chi connectivity index (χ0) is 12.3. The van der Waals surface area contributed by atoms with Gasteiger partial charge in [-0.05, 0) is 36.3 Å². The van der Waals surface area contributed by atoms with E-state index in [0.29, 0.717) is 10.0 Å². The van der Waals surface area contributed by atoms with Gasteiger partial charge in [0.05, 0.1) is 21.9 Å². The van der Waals surface area contributed by atoms with Crippen molar-refractivity contribution in [1.82, 2.24) is 9.97 Å². The number of benzene rings is 1. The molecule has 0 aliphatic heterocycles. The summed E-state index contributed by atoms with van der Waals surface area (Å²) in [5.74, 6) is 0. The van der Waals surface area contributed by atoms with Gasteiger partial charge in [-0.25, -0.2) is 0 Å². The Hall–Kier alpha value is -1.38. The largest absolute Gasteiger partial charge is 0.261 e. The Kier molecular flexibility index (Phi) is 3.77. The molecule has 0 aliphatic carbocycles. The maximum atomic E-state index is 5.95. The smallest absolute Gasteiger partial charge is 0.0842 e. The van der Waals surface area contributed by atoms with E-state index in [1.165, 1.54) is 0 Å². The van der Waals surface area contributed by atoms with E-state index in [1.54, 1.807) is 24.7 Å². The Bertz CT molecular complexity index is 551. The van der Waals surface area contributed by atoms with Gasteiger partial charge in [0.25, 0.3) is 0 Å². The summed E-state index contributed by atoms with van der Waals surface area (Å²) in [6, 6.07) is 5.51. The lowest BCUT2D eigenvalue weighted by atomic mass is 10.1. The van der Waals surface area contributed by atoms with Crippen LogP contribution < -0.4 is 0 Å². The quantitative estimate of drug-likeness (QED) is 0.806. The first kappa shape index (κ1) is 12.1. The van der Waals surface area contributed by atoms with Crippen molar-refractivity contribution in [2.24, 2.45) is 0 Å². The molecular formula is C13H10Cl2N2. The van der Waals surface area contributed by atoms with Crippen molar-refractivity contribution in [3.8, 4) is 0 Å². The van der Waals surface area contributed by atoms with Crippen LogP contribution in [0.15, 0.2) is 36.8 Å². The summed E-state index contributed by atoms with van der Waals surface area (Å²) in [5, 5.41) is 1.10. The standard InChI is InChI=1S/C13H10Cl2N2/c1-9(13-8-16-4-5-17-13)6-10-2-3-11(14)12(15)7-10/h2-8H,1H3. The molecule has 0 saturated heterocycles. The van der Waals surface area contributed by atoms with Crippen molar-refractivity contribution < 1.29 is 0 Å². The zero-order valence-electron chi connectivity index (χ0n) is 9.19. The molecule has 0 bridgehead atoms. The number of nitrogens with zero attached hydrogens (tertiary/aromatic N) is 2. The van der Waals surface area contributed by atoms with Gasteiger partial charge in [-0.3, -0.25) is 9.97 Å². The van der Waals surface area contributed by atoms with Gasteiger partial charge in [0, 0.05) is 12.4 Å². The van der Waals surface area contributed by atoms with E-state index in [0.717, 1.165) is 16.8 Å². The van der Waals surface area contributed by atoms with E-state index in [2.05, 4.69) is 9.97 Å². The molecule has 0 radical (unpaired) electrons. The number of aromatic nitrogens is 2. The predicted octanol–water partition coefficient (Wildman–Crippen LogP) is 4.34. The first-order chi connectivity index (χ1) is 8.16. The summed E-state index contributed by atoms with van der Waals surface area (Å²) in [4.78, 5) is 8.25. The van der Waals surface area contributed by atoms with Gasteiger partial charge in [-0.2, -0.15) is 0 Å². The predicted molar refractivity (Wildman–Crippen MR) is 72.0 cm³/mol. The van der Waals surface area contributed by atoms with Gasteiger partial charge in [0.15, 0.2) is 0 Å². The second-order valence-corrected chi connectivity index (χ2v) is 4.41. The first-order valence-corrected chi connectivity index (χ1v) is 5.82. The van der Waals surface area contributed by atoms with Crippen molar-refractivity contribution in [2.45, 2.75) is 6.92 Å². The number of hydrogen-bond donors (Lipinski definition) is 0. The summed E-state index contributed by atoms with van der Waals surface area (Å²) in [5.41, 5.74) is 2.86. The van der Waals surface area contributed by atoms with Crippen LogP contribution in [0.2, 0.25) is 10.0 Å². The minimum atomic E-state index is 0.548. The van der Waals surface area contributed by atoms with Crippen molar-refractivity contribution in [3.63, 3.8) is 0 Å². The maximum Gasteiger partial charge on any atom is 0.0842 e. The molecule has 4 heteroatoms. The highest BCUT2D eigenvalue weighted by Crippen LogP contribution is 2.24. The molecule has 1 aromatic carbocycles. The molecule has 0 N–H and O–H groups in total. The first-order valence-electron chi connectivity index (χ1n) is 5.06. The Morgan fingerprint density at radius 3 is 2.65 bits per heavy atom. The fourth-order valence-electron chi connectivity index (χ4n) is 1.43. The average molecular weight is 265 g/mol. The van der Waals surface area contributed by atoms with E-state index in [-0.39, 0.29) is 0 Å². The summed E-state index contributed by atoms with van der Waals surface area (Å²) in [7, 11) is 0. The molecule has 0 aliphatic rings. The van der Waals surface area contributed by atoms with Crippen LogP contribution in [0, 0.1) is 0 Å². The lowest BCUT2D eigenvalue weighted by molar-refractivity contribution is 1.17. The second-order valence-electron chi connectivity index (χ2n) is 3.59. The van der Waals surface area contributed by atoms with Crippen LogP contribution in [0.3, 0.4) is 0 Å². The molecule has 0 atom stereocenters. The second kappa shape index (κ2) is 5.30. The van der Waals surface area contributed by atoms with E-state index in [9.17, 15) is 0 Å². The lowest BCUT2D eigenvalue weighted by Gasteiger charge is -2.01. The molecule has 0 fully saturated rings. The van der Waals surface area contributed by atoms with Crippen LogP contribution in [-0.4, -0.2) is 9.97 Å². The average Bonchev–Trinajstić information content (AvgIpc) is 2.35. The number of halogens is 2. The highest BCUT2D eigenvalue weighted by molar-refractivity contribution is 6.42. The molecule has 86 valence electrons. The van der Waals surface area contributed by atoms with Crippen molar-refractivity contribution in [1.29, 1.82) is 0 Å². The number of hydrogen-bond acceptors (Lipinski definition) is 2. The van der Waals surface area contributed by atoms with E-state index in [1.807, 2.05) is 25.1 Å². The molecular weight excluding hydrogens is 255 g/mol. The monoisotopic (exact) mass is 264 g/mol. The van der Waals surface area contributed by atoms with Crippen LogP contribution in [0.1, 0.15) is 18.2 Å². The molecule has 0 spiro atoms. The van der Waals surface area contributed by atoms with Crippen molar-refractivity contribution in [3.05, 3.63) is 58.1 Å². The topological polar surface area (TPSA) is 25.8 Å². The van der Waals surface area contributed by atoms with Gasteiger partial charge in [-0.15, -0.1) is 0 Å². The maximum absolute atomic E-state index is 5.95.